The molecule has 0 spiro atoms. The molecule has 0 saturated heterocycles. The summed E-state index contributed by atoms with van der Waals surface area (Å²) in [5.41, 5.74) is 0.747. The first-order valence-corrected chi connectivity index (χ1v) is 7.24. The Kier molecular flexibility index (Phi) is 4.35. The van der Waals surface area contributed by atoms with E-state index in [-0.39, 0.29) is 18.0 Å². The third-order valence-corrected chi connectivity index (χ3v) is 3.87. The molecule has 0 radical (unpaired) electrons. The van der Waals surface area contributed by atoms with Gasteiger partial charge in [-0.05, 0) is 12.5 Å². The van der Waals surface area contributed by atoms with Crippen molar-refractivity contribution in [2.24, 2.45) is 0 Å². The molecule has 2 rings (SSSR count). The normalized spacial score (nSPS) is 11.8. The highest BCUT2D eigenvalue weighted by atomic mass is 32.2. The predicted octanol–water partition coefficient (Wildman–Crippen LogP) is 0.337. The fourth-order valence-electron chi connectivity index (χ4n) is 1.49. The molecule has 2 N–H and O–H groups in total. The van der Waals surface area contributed by atoms with Gasteiger partial charge in [-0.3, -0.25) is 4.68 Å². The highest BCUT2D eigenvalue weighted by Gasteiger charge is 2.16. The summed E-state index contributed by atoms with van der Waals surface area (Å²) in [6, 6.07) is 1.69. The second-order valence-corrected chi connectivity index (χ2v) is 5.74. The lowest BCUT2D eigenvalue weighted by Crippen LogP contribution is -2.22. The summed E-state index contributed by atoms with van der Waals surface area (Å²) in [4.78, 5) is 0.105. The van der Waals surface area contributed by atoms with Crippen LogP contribution in [0.2, 0.25) is 0 Å². The van der Waals surface area contributed by atoms with Crippen LogP contribution in [0.1, 0.15) is 12.0 Å². The highest BCUT2D eigenvalue weighted by molar-refractivity contribution is 7.89. The second-order valence-electron chi connectivity index (χ2n) is 3.97. The third-order valence-electron chi connectivity index (χ3n) is 2.51. The van der Waals surface area contributed by atoms with Gasteiger partial charge in [-0.1, -0.05) is 0 Å². The van der Waals surface area contributed by atoms with E-state index in [2.05, 4.69) is 9.82 Å². The molecule has 8 heteroatoms. The van der Waals surface area contributed by atoms with Gasteiger partial charge >= 0.3 is 0 Å². The molecule has 2 aromatic rings. The maximum Gasteiger partial charge on any atom is 0.243 e. The quantitative estimate of drug-likeness (QED) is 0.764. The van der Waals surface area contributed by atoms with E-state index in [1.165, 1.54) is 29.6 Å². The lowest BCUT2D eigenvalue weighted by Gasteiger charge is -2.02. The van der Waals surface area contributed by atoms with Gasteiger partial charge in [0.25, 0.3) is 0 Å². The lowest BCUT2D eigenvalue weighted by atomic mass is 10.4. The first-order valence-electron chi connectivity index (χ1n) is 5.76. The van der Waals surface area contributed by atoms with Crippen LogP contribution in [0.5, 0.6) is 0 Å². The van der Waals surface area contributed by atoms with E-state index in [4.69, 9.17) is 9.52 Å². The van der Waals surface area contributed by atoms with E-state index < -0.39 is 10.0 Å². The molecule has 0 aliphatic rings. The largest absolute Gasteiger partial charge is 0.472 e. The Morgan fingerprint density at radius 1 is 1.47 bits per heavy atom. The molecule has 0 aromatic carbocycles. The van der Waals surface area contributed by atoms with E-state index in [1.54, 1.807) is 6.07 Å². The zero-order valence-electron chi connectivity index (χ0n) is 10.2. The zero-order chi connectivity index (χ0) is 13.7. The van der Waals surface area contributed by atoms with Crippen LogP contribution in [0.3, 0.4) is 0 Å². The van der Waals surface area contributed by atoms with Crippen molar-refractivity contribution in [3.8, 4) is 0 Å². The number of aliphatic hydroxyl groups excluding tert-OH is 1. The number of nitrogens with zero attached hydrogens (tertiary/aromatic N) is 2. The highest BCUT2D eigenvalue weighted by Crippen LogP contribution is 2.09. The Morgan fingerprint density at radius 3 is 3.00 bits per heavy atom. The average molecular weight is 285 g/mol. The van der Waals surface area contributed by atoms with Gasteiger partial charge in [-0.2, -0.15) is 5.10 Å². The Hall–Kier alpha value is -1.64. The molecule has 2 aromatic heterocycles. The van der Waals surface area contributed by atoms with E-state index in [0.29, 0.717) is 13.0 Å². The summed E-state index contributed by atoms with van der Waals surface area (Å²) in [7, 11) is -3.58. The van der Waals surface area contributed by atoms with Crippen molar-refractivity contribution in [3.63, 3.8) is 0 Å². The first kappa shape index (κ1) is 13.8. The van der Waals surface area contributed by atoms with Gasteiger partial charge in [0.15, 0.2) is 0 Å². The van der Waals surface area contributed by atoms with Crippen LogP contribution in [0.15, 0.2) is 40.3 Å². The summed E-state index contributed by atoms with van der Waals surface area (Å²) in [6.07, 6.45) is 6.22. The molecule has 2 heterocycles. The van der Waals surface area contributed by atoms with Gasteiger partial charge in [0.2, 0.25) is 10.0 Å². The van der Waals surface area contributed by atoms with Gasteiger partial charge in [0, 0.05) is 31.5 Å². The van der Waals surface area contributed by atoms with Crippen LogP contribution in [-0.2, 0) is 23.1 Å². The first-order chi connectivity index (χ1) is 9.12. The van der Waals surface area contributed by atoms with Gasteiger partial charge < -0.3 is 9.52 Å². The van der Waals surface area contributed by atoms with Crippen LogP contribution < -0.4 is 4.72 Å². The monoisotopic (exact) mass is 285 g/mol. The minimum absolute atomic E-state index is 0.0423. The van der Waals surface area contributed by atoms with Crippen molar-refractivity contribution >= 4 is 10.0 Å². The molecule has 0 unspecified atom stereocenters. The Bertz CT molecular complexity index is 604. The molecule has 0 fully saturated rings. The zero-order valence-corrected chi connectivity index (χ0v) is 11.0. The van der Waals surface area contributed by atoms with E-state index >= 15 is 0 Å². The second kappa shape index (κ2) is 6.00. The van der Waals surface area contributed by atoms with E-state index in [0.717, 1.165) is 5.56 Å². The van der Waals surface area contributed by atoms with Crippen LogP contribution in [-0.4, -0.2) is 29.9 Å². The Morgan fingerprint density at radius 2 is 2.32 bits per heavy atom. The van der Waals surface area contributed by atoms with Crippen LogP contribution in [0.25, 0.3) is 0 Å². The molecule has 0 aliphatic heterocycles. The lowest BCUT2D eigenvalue weighted by molar-refractivity contribution is 0.277. The molecule has 19 heavy (non-hydrogen) atoms. The van der Waals surface area contributed by atoms with Gasteiger partial charge in [-0.15, -0.1) is 0 Å². The number of rotatable bonds is 7. The molecule has 0 aliphatic carbocycles. The summed E-state index contributed by atoms with van der Waals surface area (Å²) >= 11 is 0. The third kappa shape index (κ3) is 3.66. The molecule has 0 amide bonds. The summed E-state index contributed by atoms with van der Waals surface area (Å²) in [6.45, 7) is 0.690. The number of furan rings is 1. The maximum atomic E-state index is 12.0. The van der Waals surface area contributed by atoms with Crippen molar-refractivity contribution in [2.75, 3.05) is 6.61 Å². The number of aliphatic hydroxyl groups is 1. The van der Waals surface area contributed by atoms with Crippen LogP contribution in [0, 0.1) is 0 Å². The molecule has 0 bridgehead atoms. The fourth-order valence-corrected chi connectivity index (χ4v) is 2.46. The summed E-state index contributed by atoms with van der Waals surface area (Å²) in [5, 5.41) is 12.6. The van der Waals surface area contributed by atoms with Crippen molar-refractivity contribution in [1.82, 2.24) is 14.5 Å². The number of sulfonamides is 1. The smallest absolute Gasteiger partial charge is 0.243 e. The van der Waals surface area contributed by atoms with Crippen molar-refractivity contribution in [1.29, 1.82) is 0 Å². The minimum atomic E-state index is -3.58. The molecular formula is C11H15N3O4S. The van der Waals surface area contributed by atoms with Gasteiger partial charge in [0.1, 0.15) is 4.90 Å². The van der Waals surface area contributed by atoms with Crippen molar-refractivity contribution in [2.45, 2.75) is 24.4 Å². The summed E-state index contributed by atoms with van der Waals surface area (Å²) in [5.74, 6) is 0. The Balaban J connectivity index is 2.00. The van der Waals surface area contributed by atoms with E-state index in [9.17, 15) is 8.42 Å². The topological polar surface area (TPSA) is 97.4 Å². The SMILES string of the molecule is O=S(=O)(NCc1ccoc1)c1cnn(CCCO)c1. The summed E-state index contributed by atoms with van der Waals surface area (Å²) < 4.78 is 32.7. The van der Waals surface area contributed by atoms with Crippen LogP contribution in [0.4, 0.5) is 0 Å². The van der Waals surface area contributed by atoms with Crippen molar-refractivity contribution < 1.29 is 17.9 Å². The number of hydrogen-bond acceptors (Lipinski definition) is 5. The predicted molar refractivity (Wildman–Crippen MR) is 66.7 cm³/mol. The minimum Gasteiger partial charge on any atom is -0.472 e. The number of nitrogens with one attached hydrogen (secondary N) is 1. The molecule has 7 nitrogen and oxygen atoms in total. The van der Waals surface area contributed by atoms with Crippen molar-refractivity contribution in [3.05, 3.63) is 36.5 Å². The van der Waals surface area contributed by atoms with Crippen LogP contribution >= 0.6 is 0 Å². The number of aryl methyl sites for hydroxylation is 1. The standard InChI is InChI=1S/C11H15N3O4S/c15-4-1-3-14-8-11(7-12-14)19(16,17)13-6-10-2-5-18-9-10/h2,5,7-9,13,15H,1,3-4,6H2. The average Bonchev–Trinajstić information content (AvgIpc) is 3.05. The van der Waals surface area contributed by atoms with Gasteiger partial charge in [0.05, 0.1) is 18.7 Å². The fraction of sp³-hybridized carbons (Fsp3) is 0.364. The molecule has 0 atom stereocenters. The number of hydrogen-bond donors (Lipinski definition) is 2. The van der Waals surface area contributed by atoms with Gasteiger partial charge in [-0.25, -0.2) is 13.1 Å². The molecular weight excluding hydrogens is 270 g/mol. The van der Waals surface area contributed by atoms with E-state index in [1.807, 2.05) is 0 Å². The number of aromatic nitrogens is 2. The molecule has 104 valence electrons. The Labute approximate surface area is 110 Å². The molecule has 0 saturated carbocycles. The maximum absolute atomic E-state index is 12.0.